The van der Waals surface area contributed by atoms with Crippen molar-refractivity contribution < 1.29 is 4.74 Å². The Hall–Kier alpha value is -3.83. The molecule has 0 fully saturated rings. The van der Waals surface area contributed by atoms with Crippen LogP contribution in [-0.2, 0) is 6.61 Å². The minimum atomic E-state index is 0.481. The molecule has 0 aliphatic carbocycles. The molecule has 0 saturated carbocycles. The van der Waals surface area contributed by atoms with Crippen molar-refractivity contribution in [2.75, 3.05) is 0 Å². The van der Waals surface area contributed by atoms with Gasteiger partial charge in [-0.1, -0.05) is 35.9 Å². The number of nitrogens with zero attached hydrogens (tertiary/aromatic N) is 3. The zero-order chi connectivity index (χ0) is 21.9. The Balaban J connectivity index is 1.28. The molecule has 158 valence electrons. The SMILES string of the molecule is Cc1[nH]c(-c2ccc(OCc3cccc(-n4cccn4)c3)cc2)nc1-c1ccc(Cl)cc1. The molecule has 6 heteroatoms. The lowest BCUT2D eigenvalue weighted by molar-refractivity contribution is 0.306. The molecule has 0 atom stereocenters. The van der Waals surface area contributed by atoms with E-state index in [4.69, 9.17) is 21.3 Å². The number of imidazole rings is 1. The fourth-order valence-corrected chi connectivity index (χ4v) is 3.70. The highest BCUT2D eigenvalue weighted by Crippen LogP contribution is 2.28. The zero-order valence-corrected chi connectivity index (χ0v) is 18.3. The van der Waals surface area contributed by atoms with Gasteiger partial charge in [-0.15, -0.1) is 0 Å². The minimum absolute atomic E-state index is 0.481. The van der Waals surface area contributed by atoms with Crippen LogP contribution in [0.15, 0.2) is 91.3 Å². The third-order valence-electron chi connectivity index (χ3n) is 5.22. The second-order valence-corrected chi connectivity index (χ2v) is 7.94. The molecular weight excluding hydrogens is 420 g/mol. The lowest BCUT2D eigenvalue weighted by Crippen LogP contribution is -1.99. The van der Waals surface area contributed by atoms with Crippen molar-refractivity contribution in [2.24, 2.45) is 0 Å². The fraction of sp³-hybridized carbons (Fsp3) is 0.0769. The molecule has 0 amide bonds. The maximum atomic E-state index is 6.01. The van der Waals surface area contributed by atoms with Crippen LogP contribution in [0.2, 0.25) is 5.02 Å². The lowest BCUT2D eigenvalue weighted by atomic mass is 10.1. The predicted molar refractivity (Wildman–Crippen MR) is 127 cm³/mol. The third-order valence-corrected chi connectivity index (χ3v) is 5.47. The molecule has 0 aliphatic rings. The molecule has 0 unspecified atom stereocenters. The van der Waals surface area contributed by atoms with Gasteiger partial charge in [-0.25, -0.2) is 9.67 Å². The normalized spacial score (nSPS) is 10.9. The van der Waals surface area contributed by atoms with Crippen LogP contribution in [0.5, 0.6) is 5.75 Å². The zero-order valence-electron chi connectivity index (χ0n) is 17.5. The molecule has 2 heterocycles. The van der Waals surface area contributed by atoms with Gasteiger partial charge in [0.1, 0.15) is 18.2 Å². The Morgan fingerprint density at radius 1 is 0.938 bits per heavy atom. The smallest absolute Gasteiger partial charge is 0.138 e. The number of aromatic nitrogens is 4. The van der Waals surface area contributed by atoms with Gasteiger partial charge in [0.15, 0.2) is 0 Å². The molecule has 5 aromatic rings. The van der Waals surface area contributed by atoms with E-state index in [0.29, 0.717) is 11.6 Å². The number of halogens is 1. The van der Waals surface area contributed by atoms with Gasteiger partial charge in [0.25, 0.3) is 0 Å². The van der Waals surface area contributed by atoms with Gasteiger partial charge in [0.05, 0.1) is 11.4 Å². The Bertz CT molecular complexity index is 1320. The van der Waals surface area contributed by atoms with E-state index in [-0.39, 0.29) is 0 Å². The molecular formula is C26H21ClN4O. The van der Waals surface area contributed by atoms with Crippen molar-refractivity contribution in [3.63, 3.8) is 0 Å². The Kier molecular flexibility index (Phi) is 5.48. The first kappa shape index (κ1) is 20.1. The van der Waals surface area contributed by atoms with Gasteiger partial charge in [-0.2, -0.15) is 5.10 Å². The molecule has 0 radical (unpaired) electrons. The maximum Gasteiger partial charge on any atom is 0.138 e. The number of rotatable bonds is 6. The summed E-state index contributed by atoms with van der Waals surface area (Å²) in [4.78, 5) is 8.17. The molecule has 0 saturated heterocycles. The summed E-state index contributed by atoms with van der Waals surface area (Å²) in [5.41, 5.74) is 6.06. The van der Waals surface area contributed by atoms with Gasteiger partial charge in [-0.05, 0) is 67.1 Å². The van der Waals surface area contributed by atoms with E-state index in [0.717, 1.165) is 45.3 Å². The van der Waals surface area contributed by atoms with Crippen LogP contribution in [0.1, 0.15) is 11.3 Å². The number of nitrogens with one attached hydrogen (secondary N) is 1. The minimum Gasteiger partial charge on any atom is -0.489 e. The Labute approximate surface area is 191 Å². The molecule has 2 aromatic heterocycles. The first-order valence-corrected chi connectivity index (χ1v) is 10.7. The lowest BCUT2D eigenvalue weighted by Gasteiger charge is -2.08. The first-order valence-electron chi connectivity index (χ1n) is 10.3. The van der Waals surface area contributed by atoms with Crippen molar-refractivity contribution in [2.45, 2.75) is 13.5 Å². The number of hydrogen-bond donors (Lipinski definition) is 1. The predicted octanol–water partition coefficient (Wildman–Crippen LogP) is 6.47. The van der Waals surface area contributed by atoms with E-state index in [1.54, 1.807) is 6.20 Å². The number of aryl methyl sites for hydroxylation is 1. The van der Waals surface area contributed by atoms with Gasteiger partial charge in [-0.3, -0.25) is 0 Å². The average molecular weight is 441 g/mol. The number of H-pyrrole nitrogens is 1. The highest BCUT2D eigenvalue weighted by molar-refractivity contribution is 6.30. The molecule has 1 N–H and O–H groups in total. The van der Waals surface area contributed by atoms with E-state index in [1.807, 2.05) is 90.6 Å². The summed E-state index contributed by atoms with van der Waals surface area (Å²) in [5, 5.41) is 4.99. The summed E-state index contributed by atoms with van der Waals surface area (Å²) >= 11 is 6.01. The Morgan fingerprint density at radius 3 is 2.47 bits per heavy atom. The van der Waals surface area contributed by atoms with E-state index < -0.39 is 0 Å². The highest BCUT2D eigenvalue weighted by Gasteiger charge is 2.11. The molecule has 0 bridgehead atoms. The van der Waals surface area contributed by atoms with E-state index in [9.17, 15) is 0 Å². The molecule has 0 aliphatic heterocycles. The summed E-state index contributed by atoms with van der Waals surface area (Å²) in [6.07, 6.45) is 3.69. The van der Waals surface area contributed by atoms with E-state index in [1.165, 1.54) is 0 Å². The van der Waals surface area contributed by atoms with Crippen molar-refractivity contribution in [1.29, 1.82) is 0 Å². The van der Waals surface area contributed by atoms with E-state index in [2.05, 4.69) is 16.1 Å². The second kappa shape index (κ2) is 8.73. The van der Waals surface area contributed by atoms with Gasteiger partial charge >= 0.3 is 0 Å². The van der Waals surface area contributed by atoms with Crippen LogP contribution in [0.25, 0.3) is 28.3 Å². The van der Waals surface area contributed by atoms with Crippen molar-refractivity contribution in [3.8, 4) is 34.1 Å². The summed E-state index contributed by atoms with van der Waals surface area (Å²) < 4.78 is 7.83. The molecule has 5 nitrogen and oxygen atoms in total. The monoisotopic (exact) mass is 440 g/mol. The third kappa shape index (κ3) is 4.29. The summed E-state index contributed by atoms with van der Waals surface area (Å²) in [5.74, 6) is 1.63. The van der Waals surface area contributed by atoms with E-state index >= 15 is 0 Å². The van der Waals surface area contributed by atoms with Crippen LogP contribution >= 0.6 is 11.6 Å². The molecule has 3 aromatic carbocycles. The summed E-state index contributed by atoms with van der Waals surface area (Å²) in [7, 11) is 0. The number of aromatic amines is 1. The molecule has 5 rings (SSSR count). The Morgan fingerprint density at radius 2 is 1.72 bits per heavy atom. The largest absolute Gasteiger partial charge is 0.489 e. The van der Waals surface area contributed by atoms with Crippen molar-refractivity contribution in [3.05, 3.63) is 108 Å². The quantitative estimate of drug-likeness (QED) is 0.329. The first-order chi connectivity index (χ1) is 15.7. The van der Waals surface area contributed by atoms with Crippen LogP contribution in [-0.4, -0.2) is 19.7 Å². The fourth-order valence-electron chi connectivity index (χ4n) is 3.57. The maximum absolute atomic E-state index is 6.01. The number of ether oxygens (including phenoxy) is 1. The van der Waals surface area contributed by atoms with Crippen molar-refractivity contribution >= 4 is 11.6 Å². The van der Waals surface area contributed by atoms with Gasteiger partial charge in [0.2, 0.25) is 0 Å². The average Bonchev–Trinajstić information content (AvgIpc) is 3.49. The van der Waals surface area contributed by atoms with Crippen LogP contribution in [0.3, 0.4) is 0 Å². The number of hydrogen-bond acceptors (Lipinski definition) is 3. The second-order valence-electron chi connectivity index (χ2n) is 7.50. The molecule has 0 spiro atoms. The topological polar surface area (TPSA) is 55.7 Å². The summed E-state index contributed by atoms with van der Waals surface area (Å²) in [6, 6.07) is 25.7. The number of benzene rings is 3. The van der Waals surface area contributed by atoms with Gasteiger partial charge < -0.3 is 9.72 Å². The van der Waals surface area contributed by atoms with Crippen molar-refractivity contribution in [1.82, 2.24) is 19.7 Å². The van der Waals surface area contributed by atoms with Crippen LogP contribution in [0, 0.1) is 6.92 Å². The molecule has 32 heavy (non-hydrogen) atoms. The van der Waals surface area contributed by atoms with Crippen LogP contribution in [0.4, 0.5) is 0 Å². The van der Waals surface area contributed by atoms with Crippen LogP contribution < -0.4 is 4.74 Å². The standard InChI is InChI=1S/C26H21ClN4O/c1-18-25(20-6-10-22(27)11-7-20)30-26(29-18)21-8-12-24(13-9-21)32-17-19-4-2-5-23(16-19)31-15-3-14-28-31/h2-16H,17H2,1H3,(H,29,30). The highest BCUT2D eigenvalue weighted by atomic mass is 35.5. The summed E-state index contributed by atoms with van der Waals surface area (Å²) in [6.45, 7) is 2.50. The van der Waals surface area contributed by atoms with Gasteiger partial charge in [0, 0.05) is 34.2 Å².